The third-order valence-electron chi connectivity index (χ3n) is 8.67. The summed E-state index contributed by atoms with van der Waals surface area (Å²) in [4.78, 5) is 32.6. The van der Waals surface area contributed by atoms with Gasteiger partial charge in [0.05, 0.1) is 13.1 Å². The lowest BCUT2D eigenvalue weighted by atomic mass is 9.86. The summed E-state index contributed by atoms with van der Waals surface area (Å²) in [6.45, 7) is 12.3. The lowest BCUT2D eigenvalue weighted by Crippen LogP contribution is -2.38. The van der Waals surface area contributed by atoms with E-state index >= 15 is 0 Å². The Morgan fingerprint density at radius 3 is 1.26 bits per heavy atom. The first-order valence-electron chi connectivity index (χ1n) is 14.2. The Morgan fingerprint density at radius 2 is 1.00 bits per heavy atom. The van der Waals surface area contributed by atoms with Crippen LogP contribution in [-0.4, -0.2) is 56.1 Å². The van der Waals surface area contributed by atoms with Crippen molar-refractivity contribution in [2.45, 2.75) is 127 Å². The first-order valence-corrected chi connectivity index (χ1v) is 15.8. The highest BCUT2D eigenvalue weighted by Gasteiger charge is 2.46. The molecular weight excluding hydrogens is 526 g/mol. The number of amidine groups is 2. The highest BCUT2D eigenvalue weighted by Crippen LogP contribution is 2.40. The maximum atomic E-state index is 14.4. The number of halogens is 2. The van der Waals surface area contributed by atoms with Crippen molar-refractivity contribution in [2.75, 3.05) is 13.1 Å². The van der Waals surface area contributed by atoms with Gasteiger partial charge in [-0.1, -0.05) is 89.7 Å². The van der Waals surface area contributed by atoms with E-state index in [-0.39, 0.29) is 36.7 Å². The molecule has 2 saturated heterocycles. The van der Waals surface area contributed by atoms with Crippen molar-refractivity contribution in [1.29, 1.82) is 0 Å². The van der Waals surface area contributed by atoms with Gasteiger partial charge in [0.25, 0.3) is 0 Å². The molecule has 0 aromatic rings. The number of carbonyl (C=O) groups excluding carboxylic acids is 2. The van der Waals surface area contributed by atoms with Crippen molar-refractivity contribution in [1.82, 2.24) is 10.6 Å². The summed E-state index contributed by atoms with van der Waals surface area (Å²) in [7, 11) is 0. The number of amides is 2. The predicted molar refractivity (Wildman–Crippen MR) is 156 cm³/mol. The molecular formula is C28H46F2N4O2S2. The summed E-state index contributed by atoms with van der Waals surface area (Å²) in [5.41, 5.74) is -2.32. The topological polar surface area (TPSA) is 82.9 Å². The monoisotopic (exact) mass is 572 g/mol. The van der Waals surface area contributed by atoms with Crippen molar-refractivity contribution in [2.24, 2.45) is 21.8 Å². The van der Waals surface area contributed by atoms with E-state index in [0.29, 0.717) is 36.0 Å². The number of nitrogens with one attached hydrogen (secondary N) is 2. The van der Waals surface area contributed by atoms with Crippen LogP contribution in [0.1, 0.15) is 106 Å². The zero-order valence-corrected chi connectivity index (χ0v) is 25.6. The third kappa shape index (κ3) is 7.52. The van der Waals surface area contributed by atoms with E-state index in [4.69, 9.17) is 0 Å². The van der Waals surface area contributed by atoms with Crippen LogP contribution in [0.4, 0.5) is 8.78 Å². The van der Waals surface area contributed by atoms with Gasteiger partial charge in [0.15, 0.2) is 10.3 Å². The molecule has 0 aromatic heterocycles. The fraction of sp³-hybridized carbons (Fsp3) is 0.857. The van der Waals surface area contributed by atoms with Gasteiger partial charge in [0.1, 0.15) is 20.8 Å². The molecule has 0 aromatic carbocycles. The van der Waals surface area contributed by atoms with E-state index in [0.717, 1.165) is 38.5 Å². The molecule has 2 amide bonds. The standard InChI is InChI=1S/2C14H23FN2OS/c2*1-10(2)13(3)11(18)17-12(19-13)16-9-14(15)7-5-4-6-8-14/h2*10H,4-9H2,1-3H3,(H,16,17,18)/t2*13-/m10/s1. The minimum absolute atomic E-state index is 0.0113. The second-order valence-electron chi connectivity index (χ2n) is 12.3. The zero-order chi connectivity index (χ0) is 28.2. The Labute approximate surface area is 235 Å². The van der Waals surface area contributed by atoms with Gasteiger partial charge in [-0.25, -0.2) is 8.78 Å². The zero-order valence-electron chi connectivity index (χ0n) is 23.9. The molecule has 10 heteroatoms. The average molecular weight is 573 g/mol. The fourth-order valence-electron chi connectivity index (χ4n) is 5.01. The van der Waals surface area contributed by atoms with Crippen LogP contribution in [0.15, 0.2) is 9.98 Å². The summed E-state index contributed by atoms with van der Waals surface area (Å²) in [6, 6.07) is 0. The van der Waals surface area contributed by atoms with Gasteiger partial charge in [-0.2, -0.15) is 0 Å². The Kier molecular flexibility index (Phi) is 10.4. The molecule has 38 heavy (non-hydrogen) atoms. The fourth-order valence-corrected chi connectivity index (χ4v) is 7.11. The smallest absolute Gasteiger partial charge is 0.242 e. The lowest BCUT2D eigenvalue weighted by molar-refractivity contribution is -0.122. The van der Waals surface area contributed by atoms with Gasteiger partial charge >= 0.3 is 0 Å². The third-order valence-corrected chi connectivity index (χ3v) is 11.7. The number of aliphatic imine (C=N–C) groups is 2. The van der Waals surface area contributed by atoms with Gasteiger partial charge in [-0.3, -0.25) is 19.6 Å². The largest absolute Gasteiger partial charge is 0.304 e. The van der Waals surface area contributed by atoms with Gasteiger partial charge in [0, 0.05) is 0 Å². The molecule has 0 unspecified atom stereocenters. The molecule has 2 aliphatic heterocycles. The van der Waals surface area contributed by atoms with Gasteiger partial charge < -0.3 is 10.6 Å². The number of hydrogen-bond acceptors (Lipinski definition) is 6. The molecule has 4 fully saturated rings. The summed E-state index contributed by atoms with van der Waals surface area (Å²) in [5, 5.41) is 6.75. The van der Waals surface area contributed by atoms with Crippen molar-refractivity contribution in [3.05, 3.63) is 0 Å². The van der Waals surface area contributed by atoms with Crippen molar-refractivity contribution in [3.8, 4) is 0 Å². The van der Waals surface area contributed by atoms with Crippen molar-refractivity contribution in [3.63, 3.8) is 0 Å². The maximum absolute atomic E-state index is 14.4. The number of hydrogen-bond donors (Lipinski definition) is 2. The molecule has 0 bridgehead atoms. The average Bonchev–Trinajstić information content (AvgIpc) is 3.34. The van der Waals surface area contributed by atoms with Crippen LogP contribution in [0, 0.1) is 11.8 Å². The van der Waals surface area contributed by atoms with E-state index < -0.39 is 20.8 Å². The van der Waals surface area contributed by atoms with E-state index in [1.165, 1.54) is 23.5 Å². The van der Waals surface area contributed by atoms with E-state index in [9.17, 15) is 18.4 Å². The van der Waals surface area contributed by atoms with E-state index in [2.05, 4.69) is 20.6 Å². The van der Waals surface area contributed by atoms with E-state index in [1.807, 2.05) is 41.5 Å². The summed E-state index contributed by atoms with van der Waals surface area (Å²) in [5.74, 6) is 0.420. The first-order chi connectivity index (χ1) is 17.7. The summed E-state index contributed by atoms with van der Waals surface area (Å²) in [6.07, 6.45) is 8.45. The van der Waals surface area contributed by atoms with E-state index in [1.54, 1.807) is 0 Å². The molecule has 2 atom stereocenters. The van der Waals surface area contributed by atoms with Crippen LogP contribution in [0.3, 0.4) is 0 Å². The summed E-state index contributed by atoms with van der Waals surface area (Å²) < 4.78 is 27.9. The number of rotatable bonds is 6. The van der Waals surface area contributed by atoms with Gasteiger partial charge in [-0.15, -0.1) is 0 Å². The van der Waals surface area contributed by atoms with Crippen LogP contribution in [0.25, 0.3) is 0 Å². The molecule has 2 aliphatic carbocycles. The van der Waals surface area contributed by atoms with Crippen LogP contribution in [0.2, 0.25) is 0 Å². The Bertz CT molecular complexity index is 856. The molecule has 2 heterocycles. The van der Waals surface area contributed by atoms with Crippen LogP contribution >= 0.6 is 23.5 Å². The Hall–Kier alpha value is -1.16. The Morgan fingerprint density at radius 1 is 0.684 bits per heavy atom. The highest BCUT2D eigenvalue weighted by atomic mass is 32.2. The van der Waals surface area contributed by atoms with Crippen LogP contribution in [0.5, 0.6) is 0 Å². The van der Waals surface area contributed by atoms with Gasteiger partial charge in [-0.05, 0) is 51.4 Å². The molecule has 0 spiro atoms. The Balaban J connectivity index is 0.000000211. The molecule has 6 nitrogen and oxygen atoms in total. The molecule has 4 rings (SSSR count). The number of nitrogens with zero attached hydrogens (tertiary/aromatic N) is 2. The molecule has 2 saturated carbocycles. The minimum Gasteiger partial charge on any atom is -0.304 e. The second kappa shape index (κ2) is 12.6. The van der Waals surface area contributed by atoms with Crippen molar-refractivity contribution >= 4 is 45.7 Å². The minimum atomic E-state index is -1.16. The maximum Gasteiger partial charge on any atom is 0.242 e. The quantitative estimate of drug-likeness (QED) is 0.376. The highest BCUT2D eigenvalue weighted by molar-refractivity contribution is 8.16. The number of thioether (sulfide) groups is 2. The SMILES string of the molecule is CC(C)[C@@]1(C)SC(=NCC2(F)CCCCC2)NC1=O.CC(C)[C@]1(C)SC(=NCC2(F)CCCCC2)NC1=O. The van der Waals surface area contributed by atoms with Crippen LogP contribution < -0.4 is 10.6 Å². The second-order valence-corrected chi connectivity index (χ2v) is 15.2. The van der Waals surface area contributed by atoms with Crippen molar-refractivity contribution < 1.29 is 18.4 Å². The molecule has 4 aliphatic rings. The summed E-state index contributed by atoms with van der Waals surface area (Å²) >= 11 is 2.88. The molecule has 0 radical (unpaired) electrons. The van der Waals surface area contributed by atoms with Crippen LogP contribution in [-0.2, 0) is 9.59 Å². The first kappa shape index (κ1) is 31.4. The van der Waals surface area contributed by atoms with Gasteiger partial charge in [0.2, 0.25) is 11.8 Å². The number of alkyl halides is 2. The molecule has 216 valence electrons. The predicted octanol–water partition coefficient (Wildman–Crippen LogP) is 6.59. The molecule has 2 N–H and O–H groups in total. The normalized spacial score (nSPS) is 32.9. The number of carbonyl (C=O) groups is 2. The lowest BCUT2D eigenvalue weighted by Gasteiger charge is -2.27.